The van der Waals surface area contributed by atoms with Crippen LogP contribution in [0.1, 0.15) is 50.2 Å². The lowest BCUT2D eigenvalue weighted by atomic mass is 9.82. The molecule has 0 bridgehead atoms. The molecule has 0 spiro atoms. The van der Waals surface area contributed by atoms with Crippen molar-refractivity contribution >= 4 is 9.24 Å². The third kappa shape index (κ3) is 2.42. The van der Waals surface area contributed by atoms with Gasteiger partial charge in [-0.25, -0.2) is 0 Å². The van der Waals surface area contributed by atoms with Gasteiger partial charge < -0.3 is 0 Å². The van der Waals surface area contributed by atoms with E-state index in [2.05, 4.69) is 40.4 Å². The quantitative estimate of drug-likeness (QED) is 0.652. The predicted octanol–water partition coefficient (Wildman–Crippen LogP) is 4.28. The molecule has 1 aliphatic carbocycles. The molecule has 2 rings (SSSR count). The molecule has 0 saturated heterocycles. The summed E-state index contributed by atoms with van der Waals surface area (Å²) in [5.74, 6) is 0. The number of aryl methyl sites for hydroxylation is 1. The Hall–Kier alpha value is -0.350. The lowest BCUT2D eigenvalue weighted by Crippen LogP contribution is -2.21. The van der Waals surface area contributed by atoms with E-state index in [1.165, 1.54) is 43.2 Å². The summed E-state index contributed by atoms with van der Waals surface area (Å²) < 4.78 is 0. The fourth-order valence-corrected chi connectivity index (χ4v) is 3.14. The fraction of sp³-hybridized carbons (Fsp3) is 0.571. The maximum atomic E-state index is 3.11. The maximum absolute atomic E-state index is 3.11. The molecule has 0 radical (unpaired) electrons. The number of benzene rings is 1. The minimum absolute atomic E-state index is 0.379. The van der Waals surface area contributed by atoms with Crippen molar-refractivity contribution in [3.63, 3.8) is 0 Å². The normalized spacial score (nSPS) is 20.1. The van der Waals surface area contributed by atoms with Crippen LogP contribution in [0.15, 0.2) is 24.3 Å². The highest BCUT2D eigenvalue weighted by Gasteiger charge is 2.28. The molecule has 1 aromatic rings. The van der Waals surface area contributed by atoms with Crippen molar-refractivity contribution in [3.8, 4) is 0 Å². The van der Waals surface area contributed by atoms with Gasteiger partial charge in [0.25, 0.3) is 0 Å². The summed E-state index contributed by atoms with van der Waals surface area (Å²) in [6, 6.07) is 9.24. The summed E-state index contributed by atoms with van der Waals surface area (Å²) in [5, 5.41) is 0.379. The SMILES string of the molecule is CCc1ccc(C2(P)CCCCC2)cc1. The molecule has 1 saturated carbocycles. The molecular formula is C14H21P. The van der Waals surface area contributed by atoms with Crippen molar-refractivity contribution in [1.82, 2.24) is 0 Å². The van der Waals surface area contributed by atoms with Crippen LogP contribution < -0.4 is 0 Å². The summed E-state index contributed by atoms with van der Waals surface area (Å²) in [4.78, 5) is 0. The van der Waals surface area contributed by atoms with Gasteiger partial charge in [0.15, 0.2) is 0 Å². The first kappa shape index (κ1) is 11.1. The summed E-state index contributed by atoms with van der Waals surface area (Å²) in [6.07, 6.45) is 8.01. The third-order valence-electron chi connectivity index (χ3n) is 3.68. The van der Waals surface area contributed by atoms with Gasteiger partial charge >= 0.3 is 0 Å². The van der Waals surface area contributed by atoms with Gasteiger partial charge in [-0.15, -0.1) is 9.24 Å². The topological polar surface area (TPSA) is 0 Å². The molecule has 0 nitrogen and oxygen atoms in total. The zero-order valence-electron chi connectivity index (χ0n) is 9.63. The molecule has 0 heterocycles. The van der Waals surface area contributed by atoms with E-state index in [0.717, 1.165) is 6.42 Å². The van der Waals surface area contributed by atoms with Crippen LogP contribution in [0, 0.1) is 0 Å². The Morgan fingerprint density at radius 2 is 1.67 bits per heavy atom. The van der Waals surface area contributed by atoms with Crippen LogP contribution in [0.2, 0.25) is 0 Å². The van der Waals surface area contributed by atoms with Gasteiger partial charge in [0.1, 0.15) is 0 Å². The average molecular weight is 220 g/mol. The molecule has 0 amide bonds. The van der Waals surface area contributed by atoms with Gasteiger partial charge in [-0.3, -0.25) is 0 Å². The van der Waals surface area contributed by atoms with Crippen molar-refractivity contribution in [2.45, 2.75) is 50.6 Å². The monoisotopic (exact) mass is 220 g/mol. The zero-order chi connectivity index (χ0) is 10.7. The molecule has 1 unspecified atom stereocenters. The van der Waals surface area contributed by atoms with Gasteiger partial charge in [-0.2, -0.15) is 0 Å². The van der Waals surface area contributed by atoms with Crippen LogP contribution in [0.5, 0.6) is 0 Å². The van der Waals surface area contributed by atoms with E-state index >= 15 is 0 Å². The molecule has 82 valence electrons. The van der Waals surface area contributed by atoms with Gasteiger partial charge in [-0.1, -0.05) is 50.5 Å². The molecule has 1 fully saturated rings. The fourth-order valence-electron chi connectivity index (χ4n) is 2.54. The van der Waals surface area contributed by atoms with Crippen molar-refractivity contribution in [1.29, 1.82) is 0 Å². The van der Waals surface area contributed by atoms with Crippen LogP contribution >= 0.6 is 9.24 Å². The molecule has 1 atom stereocenters. The first-order valence-corrected chi connectivity index (χ1v) is 6.71. The van der Waals surface area contributed by atoms with E-state index in [1.807, 2.05) is 0 Å². The Labute approximate surface area is 95.7 Å². The molecule has 1 aliphatic rings. The number of rotatable bonds is 2. The standard InChI is InChI=1S/C14H21P/c1-2-12-6-8-13(9-7-12)14(15)10-4-3-5-11-14/h6-9H,2-5,10-11,15H2,1H3. The Morgan fingerprint density at radius 1 is 1.07 bits per heavy atom. The first-order valence-electron chi connectivity index (χ1n) is 6.13. The van der Waals surface area contributed by atoms with Gasteiger partial charge in [0.2, 0.25) is 0 Å². The lowest BCUT2D eigenvalue weighted by molar-refractivity contribution is 0.406. The molecule has 1 heteroatoms. The minimum Gasteiger partial charge on any atom is -0.126 e. The number of hydrogen-bond donors (Lipinski definition) is 0. The summed E-state index contributed by atoms with van der Waals surface area (Å²) in [7, 11) is 3.11. The first-order chi connectivity index (χ1) is 7.24. The van der Waals surface area contributed by atoms with Crippen LogP contribution in [0.25, 0.3) is 0 Å². The van der Waals surface area contributed by atoms with Crippen molar-refractivity contribution in [3.05, 3.63) is 35.4 Å². The van der Waals surface area contributed by atoms with Crippen LogP contribution in [0.4, 0.5) is 0 Å². The zero-order valence-corrected chi connectivity index (χ0v) is 10.8. The van der Waals surface area contributed by atoms with E-state index in [9.17, 15) is 0 Å². The molecule has 0 aliphatic heterocycles. The highest BCUT2D eigenvalue weighted by Crippen LogP contribution is 2.44. The number of hydrogen-bond acceptors (Lipinski definition) is 0. The minimum atomic E-state index is 0.379. The summed E-state index contributed by atoms with van der Waals surface area (Å²) in [6.45, 7) is 2.21. The molecule has 15 heavy (non-hydrogen) atoms. The van der Waals surface area contributed by atoms with Crippen LogP contribution in [-0.2, 0) is 11.6 Å². The Morgan fingerprint density at radius 3 is 2.20 bits per heavy atom. The second-order valence-electron chi connectivity index (χ2n) is 4.77. The van der Waals surface area contributed by atoms with Crippen molar-refractivity contribution < 1.29 is 0 Å². The second-order valence-corrected chi connectivity index (χ2v) is 5.87. The Balaban J connectivity index is 2.20. The predicted molar refractivity (Wildman–Crippen MR) is 70.3 cm³/mol. The highest BCUT2D eigenvalue weighted by atomic mass is 31.0. The molecule has 1 aromatic carbocycles. The highest BCUT2D eigenvalue weighted by molar-refractivity contribution is 7.18. The Kier molecular flexibility index (Phi) is 3.46. The van der Waals surface area contributed by atoms with E-state index in [-0.39, 0.29) is 0 Å². The molecular weight excluding hydrogens is 199 g/mol. The molecule has 0 aromatic heterocycles. The second kappa shape index (κ2) is 4.66. The smallest absolute Gasteiger partial charge is 0.00975 e. The van der Waals surface area contributed by atoms with Crippen molar-refractivity contribution in [2.75, 3.05) is 0 Å². The average Bonchev–Trinajstić information content (AvgIpc) is 2.30. The third-order valence-corrected chi connectivity index (χ3v) is 4.59. The van der Waals surface area contributed by atoms with Crippen LogP contribution in [-0.4, -0.2) is 0 Å². The van der Waals surface area contributed by atoms with Gasteiger partial charge in [-0.05, 0) is 30.4 Å². The van der Waals surface area contributed by atoms with Gasteiger partial charge in [0.05, 0.1) is 0 Å². The van der Waals surface area contributed by atoms with E-state index in [4.69, 9.17) is 0 Å². The largest absolute Gasteiger partial charge is 0.126 e. The van der Waals surface area contributed by atoms with Crippen molar-refractivity contribution in [2.24, 2.45) is 0 Å². The van der Waals surface area contributed by atoms with E-state index < -0.39 is 0 Å². The summed E-state index contributed by atoms with van der Waals surface area (Å²) in [5.41, 5.74) is 2.97. The molecule has 0 N–H and O–H groups in total. The van der Waals surface area contributed by atoms with E-state index in [1.54, 1.807) is 0 Å². The van der Waals surface area contributed by atoms with E-state index in [0.29, 0.717) is 5.16 Å². The van der Waals surface area contributed by atoms with Gasteiger partial charge in [0, 0.05) is 5.16 Å². The summed E-state index contributed by atoms with van der Waals surface area (Å²) >= 11 is 0. The van der Waals surface area contributed by atoms with Crippen LogP contribution in [0.3, 0.4) is 0 Å². The Bertz CT molecular complexity index is 307. The lowest BCUT2D eigenvalue weighted by Gasteiger charge is -2.34. The maximum Gasteiger partial charge on any atom is 0.00975 e.